The summed E-state index contributed by atoms with van der Waals surface area (Å²) in [6.45, 7) is 7.32. The summed E-state index contributed by atoms with van der Waals surface area (Å²) in [5.41, 5.74) is 2.79. The van der Waals surface area contributed by atoms with Gasteiger partial charge in [-0.05, 0) is 51.0 Å². The number of ether oxygens (including phenoxy) is 2. The normalized spacial score (nSPS) is 11.7. The Morgan fingerprint density at radius 2 is 1.94 bits per heavy atom. The predicted octanol–water partition coefficient (Wildman–Crippen LogP) is 3.26. The lowest BCUT2D eigenvalue weighted by atomic mass is 10.0. The maximum Gasteiger partial charge on any atom is 0.308 e. The molecule has 9 nitrogen and oxygen atoms in total. The number of aryl methyl sites for hydroxylation is 3. The van der Waals surface area contributed by atoms with Gasteiger partial charge in [0.1, 0.15) is 15.6 Å². The van der Waals surface area contributed by atoms with Gasteiger partial charge in [-0.25, -0.2) is 9.67 Å². The zero-order valence-electron chi connectivity index (χ0n) is 20.1. The van der Waals surface area contributed by atoms with Gasteiger partial charge in [-0.15, -0.1) is 11.3 Å². The molecule has 0 aliphatic rings. The highest BCUT2D eigenvalue weighted by Crippen LogP contribution is 2.30. The van der Waals surface area contributed by atoms with Crippen molar-refractivity contribution in [3.05, 3.63) is 62.0 Å². The van der Waals surface area contributed by atoms with Crippen LogP contribution in [0.2, 0.25) is 0 Å². The van der Waals surface area contributed by atoms with Gasteiger partial charge in [0.05, 0.1) is 43.1 Å². The standard InChI is InChI=1S/C24H28N4O5S/c1-7-33-19(29)12-18(16-9-8-10-17(11-16)32-6)26-22(30)21-15(4)25-23(34-21)20-13(2)14(3)27-28(5)24(20)31/h8-11,18H,7,12H2,1-6H3,(H,26,30)/t18-/m1/s1. The number of hydrogen-bond donors (Lipinski definition) is 1. The van der Waals surface area contributed by atoms with Crippen molar-refractivity contribution >= 4 is 23.2 Å². The first-order valence-corrected chi connectivity index (χ1v) is 11.6. The molecule has 0 bridgehead atoms. The molecule has 0 radical (unpaired) electrons. The van der Waals surface area contributed by atoms with E-state index in [1.807, 2.05) is 19.9 Å². The second-order valence-electron chi connectivity index (χ2n) is 7.76. The number of rotatable bonds is 8. The number of carbonyl (C=O) groups is 2. The van der Waals surface area contributed by atoms with Crippen LogP contribution in [0.15, 0.2) is 29.1 Å². The summed E-state index contributed by atoms with van der Waals surface area (Å²) in [5.74, 6) is -0.210. The van der Waals surface area contributed by atoms with Gasteiger partial charge in [-0.3, -0.25) is 14.4 Å². The largest absolute Gasteiger partial charge is 0.497 e. The van der Waals surface area contributed by atoms with Crippen LogP contribution in [0.1, 0.15) is 51.6 Å². The molecule has 0 saturated carbocycles. The van der Waals surface area contributed by atoms with E-state index in [9.17, 15) is 14.4 Å². The maximum atomic E-state index is 13.3. The lowest BCUT2D eigenvalue weighted by molar-refractivity contribution is -0.143. The summed E-state index contributed by atoms with van der Waals surface area (Å²) in [6, 6.07) is 6.52. The van der Waals surface area contributed by atoms with Crippen molar-refractivity contribution in [1.82, 2.24) is 20.1 Å². The average molecular weight is 485 g/mol. The van der Waals surface area contributed by atoms with Gasteiger partial charge in [0, 0.05) is 7.05 Å². The van der Waals surface area contributed by atoms with E-state index in [4.69, 9.17) is 9.47 Å². The van der Waals surface area contributed by atoms with E-state index < -0.39 is 17.9 Å². The highest BCUT2D eigenvalue weighted by Gasteiger charge is 2.25. The van der Waals surface area contributed by atoms with Crippen molar-refractivity contribution in [1.29, 1.82) is 0 Å². The summed E-state index contributed by atoms with van der Waals surface area (Å²) in [7, 11) is 3.13. The third kappa shape index (κ3) is 5.33. The van der Waals surface area contributed by atoms with Crippen LogP contribution >= 0.6 is 11.3 Å². The van der Waals surface area contributed by atoms with Crippen molar-refractivity contribution in [2.45, 2.75) is 40.2 Å². The fourth-order valence-electron chi connectivity index (χ4n) is 3.54. The van der Waals surface area contributed by atoms with Crippen molar-refractivity contribution < 1.29 is 19.1 Å². The predicted molar refractivity (Wildman–Crippen MR) is 129 cm³/mol. The first-order chi connectivity index (χ1) is 16.2. The molecule has 1 amide bonds. The van der Waals surface area contributed by atoms with Gasteiger partial charge in [0.25, 0.3) is 11.5 Å². The molecule has 0 aliphatic carbocycles. The van der Waals surface area contributed by atoms with Gasteiger partial charge in [-0.1, -0.05) is 12.1 Å². The van der Waals surface area contributed by atoms with Crippen molar-refractivity contribution in [3.8, 4) is 16.3 Å². The number of hydrogen-bond acceptors (Lipinski definition) is 8. The van der Waals surface area contributed by atoms with E-state index in [0.717, 1.165) is 16.9 Å². The van der Waals surface area contributed by atoms with Crippen molar-refractivity contribution in [3.63, 3.8) is 0 Å². The molecule has 34 heavy (non-hydrogen) atoms. The summed E-state index contributed by atoms with van der Waals surface area (Å²) in [5, 5.41) is 7.58. The van der Waals surface area contributed by atoms with E-state index in [-0.39, 0.29) is 18.6 Å². The minimum atomic E-state index is -0.635. The second kappa shape index (κ2) is 10.6. The van der Waals surface area contributed by atoms with Gasteiger partial charge >= 0.3 is 5.97 Å². The molecule has 3 aromatic rings. The van der Waals surface area contributed by atoms with Crippen LogP contribution in [0.4, 0.5) is 0 Å². The molecular formula is C24H28N4O5S. The third-order valence-corrected chi connectivity index (χ3v) is 6.59. The maximum absolute atomic E-state index is 13.3. The lowest BCUT2D eigenvalue weighted by Gasteiger charge is -2.19. The van der Waals surface area contributed by atoms with E-state index in [1.54, 1.807) is 46.2 Å². The molecule has 0 unspecified atom stereocenters. The Labute approximate surface area is 201 Å². The highest BCUT2D eigenvalue weighted by molar-refractivity contribution is 7.17. The molecule has 1 aromatic carbocycles. The number of methoxy groups -OCH3 is 1. The number of nitrogens with one attached hydrogen (secondary N) is 1. The fraction of sp³-hybridized carbons (Fsp3) is 0.375. The van der Waals surface area contributed by atoms with Crippen LogP contribution in [0.3, 0.4) is 0 Å². The van der Waals surface area contributed by atoms with Crippen LogP contribution in [0, 0.1) is 20.8 Å². The molecule has 2 aromatic heterocycles. The van der Waals surface area contributed by atoms with Crippen LogP contribution in [-0.2, 0) is 16.6 Å². The van der Waals surface area contributed by atoms with E-state index in [0.29, 0.717) is 38.1 Å². The van der Waals surface area contributed by atoms with Crippen molar-refractivity contribution in [2.75, 3.05) is 13.7 Å². The molecule has 0 spiro atoms. The van der Waals surface area contributed by atoms with Gasteiger partial charge in [0.15, 0.2) is 0 Å². The Morgan fingerprint density at radius 1 is 1.21 bits per heavy atom. The zero-order valence-corrected chi connectivity index (χ0v) is 20.9. The SMILES string of the molecule is CCOC(=O)C[C@@H](NC(=O)c1sc(-c2c(C)c(C)nn(C)c2=O)nc1C)c1cccc(OC)c1. The Kier molecular flexibility index (Phi) is 7.83. The number of carbonyl (C=O) groups excluding carboxylic acids is 2. The third-order valence-electron chi connectivity index (χ3n) is 5.42. The number of esters is 1. The smallest absolute Gasteiger partial charge is 0.308 e. The summed E-state index contributed by atoms with van der Waals surface area (Å²) >= 11 is 1.14. The first-order valence-electron chi connectivity index (χ1n) is 10.8. The quantitative estimate of drug-likeness (QED) is 0.488. The number of thiazole rings is 1. The lowest BCUT2D eigenvalue weighted by Crippen LogP contribution is -2.30. The first kappa shape index (κ1) is 25.1. The number of nitrogens with zero attached hydrogens (tertiary/aromatic N) is 3. The molecule has 0 fully saturated rings. The zero-order chi connectivity index (χ0) is 25.0. The average Bonchev–Trinajstić information content (AvgIpc) is 3.18. The van der Waals surface area contributed by atoms with Gasteiger partial charge in [0.2, 0.25) is 0 Å². The van der Waals surface area contributed by atoms with Crippen LogP contribution in [0.25, 0.3) is 10.6 Å². The van der Waals surface area contributed by atoms with Crippen molar-refractivity contribution in [2.24, 2.45) is 7.05 Å². The van der Waals surface area contributed by atoms with E-state index in [1.165, 1.54) is 4.68 Å². The number of benzene rings is 1. The monoisotopic (exact) mass is 484 g/mol. The van der Waals surface area contributed by atoms with Crippen LogP contribution in [0.5, 0.6) is 5.75 Å². The fourth-order valence-corrected chi connectivity index (χ4v) is 4.60. The molecule has 2 heterocycles. The van der Waals surface area contributed by atoms with Gasteiger partial charge < -0.3 is 14.8 Å². The van der Waals surface area contributed by atoms with Crippen LogP contribution in [-0.4, -0.2) is 40.4 Å². The molecule has 10 heteroatoms. The Balaban J connectivity index is 1.96. The molecule has 0 saturated heterocycles. The van der Waals surface area contributed by atoms with Crippen LogP contribution < -0.4 is 15.6 Å². The number of aromatic nitrogens is 3. The van der Waals surface area contributed by atoms with E-state index >= 15 is 0 Å². The second-order valence-corrected chi connectivity index (χ2v) is 8.76. The van der Waals surface area contributed by atoms with E-state index in [2.05, 4.69) is 15.4 Å². The topological polar surface area (TPSA) is 112 Å². The summed E-state index contributed by atoms with van der Waals surface area (Å²) in [6.07, 6.45) is -0.0410. The molecule has 1 N–H and O–H groups in total. The Hall–Kier alpha value is -3.53. The minimum absolute atomic E-state index is 0.0410. The Bertz CT molecular complexity index is 1280. The summed E-state index contributed by atoms with van der Waals surface area (Å²) in [4.78, 5) is 43.1. The Morgan fingerprint density at radius 3 is 2.62 bits per heavy atom. The minimum Gasteiger partial charge on any atom is -0.497 e. The summed E-state index contributed by atoms with van der Waals surface area (Å²) < 4.78 is 11.7. The van der Waals surface area contributed by atoms with Gasteiger partial charge in [-0.2, -0.15) is 5.10 Å². The molecule has 1 atom stereocenters. The molecule has 0 aliphatic heterocycles. The molecule has 180 valence electrons. The highest BCUT2D eigenvalue weighted by atomic mass is 32.1. The molecular weight excluding hydrogens is 456 g/mol. The number of amides is 1. The molecule has 3 rings (SSSR count).